The van der Waals surface area contributed by atoms with Gasteiger partial charge in [-0.25, -0.2) is 13.8 Å². The molecule has 6 aromatic rings. The van der Waals surface area contributed by atoms with Crippen molar-refractivity contribution in [2.75, 3.05) is 83.4 Å². The number of rotatable bonds is 17. The second-order valence-corrected chi connectivity index (χ2v) is 23.3. The van der Waals surface area contributed by atoms with E-state index in [2.05, 4.69) is 68.4 Å². The standard InChI is InChI=1S/C24H19ClF2N6OS.C17H31N3O3.C13H14N2O2S.C4H10/c1-34-24-31-20-13(23(32-24)33-8-10-2-3-11(9-33)30-10)6-15(25)18(19(20)27)12-4-5-16(26)21-17(12)14(7-28)22(29)35-21;1-15-6-4-11-20(15)17(22)14-18-16(21)7-13-23-12-5-10-19-8-2-3-9-19;1-9-13(18-8-15-9)11-4-2-10(3-5-11)12(6-16)14-7-17;1-4(2)3/h4-6,10-11,30H,2-3,8-9,29H2,1H3;15H,2-14H2,1H3,(H,18,21);2-5,7-8,12,16H,6H2,1H3,(H,14,17);4H,1-3H3. The molecule has 17 nitrogen and oxygen atoms in total. The van der Waals surface area contributed by atoms with E-state index in [-0.39, 0.29) is 79.3 Å². The first-order valence-corrected chi connectivity index (χ1v) is 29.5. The van der Waals surface area contributed by atoms with Crippen molar-refractivity contribution in [2.24, 2.45) is 5.92 Å². The van der Waals surface area contributed by atoms with Crippen LogP contribution in [-0.2, 0) is 19.1 Å². The van der Waals surface area contributed by atoms with Gasteiger partial charge < -0.3 is 51.0 Å². The quantitative estimate of drug-likeness (QED) is 0.0424. The lowest BCUT2D eigenvalue weighted by Gasteiger charge is -2.34. The van der Waals surface area contributed by atoms with Crippen LogP contribution in [0.15, 0.2) is 48.0 Å². The normalized spacial score (nSPS) is 17.9. The number of amides is 3. The van der Waals surface area contributed by atoms with Gasteiger partial charge in [0, 0.05) is 73.7 Å². The Morgan fingerprint density at radius 1 is 1.04 bits per heavy atom. The molecule has 0 saturated carbocycles. The van der Waals surface area contributed by atoms with Crippen molar-refractivity contribution in [1.82, 2.24) is 40.7 Å². The molecule has 4 fully saturated rings. The SMILES string of the molecule is CC(C)C.CC1CCCN1C(=O)CNC(=O)CCOCCCN1CCCC1.COc1nc(N2CC3CCC(C2)N3)c2cc(Cl)c(-c3ccc(F)c4sc(N)c(C#N)c34)c(F)c2n1.Cc1ncsc1-c1ccc(C(CO)NC=O)cc1. The summed E-state index contributed by atoms with van der Waals surface area (Å²) in [6.07, 6.45) is 8.85. The minimum atomic E-state index is -0.700. The molecule has 0 aliphatic carbocycles. The lowest BCUT2D eigenvalue weighted by atomic mass is 9.97. The van der Waals surface area contributed by atoms with E-state index < -0.39 is 11.6 Å². The number of aliphatic hydroxyl groups is 1. The number of ether oxygens (including phenoxy) is 2. The number of anilines is 2. The summed E-state index contributed by atoms with van der Waals surface area (Å²) in [6, 6.07) is 14.7. The molecular weight excluding hydrogens is 1080 g/mol. The molecule has 4 unspecified atom stereocenters. The molecule has 7 heterocycles. The molecule has 3 aromatic carbocycles. The Kier molecular flexibility index (Phi) is 22.7. The molecule has 4 aliphatic heterocycles. The Morgan fingerprint density at radius 3 is 2.36 bits per heavy atom. The number of hydrogen-bond acceptors (Lipinski definition) is 16. The predicted octanol–water partition coefficient (Wildman–Crippen LogP) is 9.41. The van der Waals surface area contributed by atoms with Crippen molar-refractivity contribution in [3.05, 3.63) is 81.5 Å². The Labute approximate surface area is 480 Å². The highest BCUT2D eigenvalue weighted by Crippen LogP contribution is 2.46. The molecule has 3 aromatic heterocycles. The molecule has 2 bridgehead atoms. The molecule has 6 N–H and O–H groups in total. The number of thiophene rings is 1. The van der Waals surface area contributed by atoms with Crippen LogP contribution in [0.4, 0.5) is 19.6 Å². The third-order valence-electron chi connectivity index (χ3n) is 14.3. The van der Waals surface area contributed by atoms with Gasteiger partial charge in [-0.3, -0.25) is 14.4 Å². The Hall–Kier alpha value is -6.12. The number of aryl methyl sites for hydroxylation is 1. The van der Waals surface area contributed by atoms with E-state index >= 15 is 4.39 Å². The second-order valence-electron chi connectivity index (χ2n) is 21.0. The smallest absolute Gasteiger partial charge is 0.318 e. The van der Waals surface area contributed by atoms with Crippen molar-refractivity contribution in [1.29, 1.82) is 5.26 Å². The molecule has 0 spiro atoms. The molecule has 80 heavy (non-hydrogen) atoms. The number of hydrogen-bond donors (Lipinski definition) is 5. The summed E-state index contributed by atoms with van der Waals surface area (Å²) in [7, 11) is 1.43. The van der Waals surface area contributed by atoms with Gasteiger partial charge in [0.1, 0.15) is 28.2 Å². The maximum Gasteiger partial charge on any atom is 0.318 e. The minimum Gasteiger partial charge on any atom is -0.467 e. The highest BCUT2D eigenvalue weighted by Gasteiger charge is 2.35. The number of carbonyl (C=O) groups excluding carboxylic acids is 3. The number of thiazole rings is 1. The van der Waals surface area contributed by atoms with Crippen LogP contribution in [0.5, 0.6) is 6.01 Å². The topological polar surface area (TPSA) is 224 Å². The van der Waals surface area contributed by atoms with Crippen molar-refractivity contribution >= 4 is 84.3 Å². The molecule has 4 aliphatic rings. The fraction of sp³-hybridized carbons (Fsp3) is 0.500. The van der Waals surface area contributed by atoms with Crippen molar-refractivity contribution in [3.63, 3.8) is 0 Å². The lowest BCUT2D eigenvalue weighted by molar-refractivity contribution is -0.133. The zero-order chi connectivity index (χ0) is 57.5. The molecule has 4 saturated heterocycles. The molecular formula is C58H74ClF2N11O6S2. The first-order valence-electron chi connectivity index (χ1n) is 27.4. The maximum atomic E-state index is 16.3. The van der Waals surface area contributed by atoms with Gasteiger partial charge in [0.05, 0.1) is 64.3 Å². The van der Waals surface area contributed by atoms with Crippen LogP contribution in [0.3, 0.4) is 0 Å². The van der Waals surface area contributed by atoms with Crippen LogP contribution in [0.2, 0.25) is 5.02 Å². The number of nitrogens with two attached hydrogens (primary N) is 1. The number of nitriles is 1. The average Bonchev–Trinajstić information content (AvgIpc) is 4.42. The Balaban J connectivity index is 0.000000178. The summed E-state index contributed by atoms with van der Waals surface area (Å²) in [5.74, 6) is 0.0620. The molecule has 22 heteroatoms. The number of fused-ring (bicyclic) bond motifs is 4. The largest absolute Gasteiger partial charge is 0.467 e. The van der Waals surface area contributed by atoms with Crippen molar-refractivity contribution < 1.29 is 37.7 Å². The number of aromatic nitrogens is 3. The predicted molar refractivity (Wildman–Crippen MR) is 314 cm³/mol. The number of carbonyl (C=O) groups is 3. The number of nitrogens with zero attached hydrogens (tertiary/aromatic N) is 7. The van der Waals surface area contributed by atoms with Crippen molar-refractivity contribution in [2.45, 2.75) is 110 Å². The lowest BCUT2D eigenvalue weighted by Crippen LogP contribution is -2.51. The van der Waals surface area contributed by atoms with Crippen LogP contribution in [-0.4, -0.2) is 139 Å². The van der Waals surface area contributed by atoms with Crippen LogP contribution in [0, 0.1) is 35.8 Å². The molecule has 0 radical (unpaired) electrons. The highest BCUT2D eigenvalue weighted by atomic mass is 35.5. The van der Waals surface area contributed by atoms with Crippen LogP contribution >= 0.6 is 34.3 Å². The fourth-order valence-corrected chi connectivity index (χ4v) is 12.4. The number of aliphatic hydroxyl groups excluding tert-OH is 1. The van der Waals surface area contributed by atoms with E-state index in [0.29, 0.717) is 55.4 Å². The van der Waals surface area contributed by atoms with Gasteiger partial charge in [-0.15, -0.1) is 22.7 Å². The van der Waals surface area contributed by atoms with Gasteiger partial charge in [-0.2, -0.15) is 15.2 Å². The van der Waals surface area contributed by atoms with Gasteiger partial charge in [0.15, 0.2) is 5.82 Å². The minimum absolute atomic E-state index is 0.0190. The van der Waals surface area contributed by atoms with Gasteiger partial charge in [0.25, 0.3) is 0 Å². The number of likely N-dealkylation sites (tertiary alicyclic amines) is 2. The summed E-state index contributed by atoms with van der Waals surface area (Å²) in [6.45, 7) is 17.5. The van der Waals surface area contributed by atoms with E-state index in [9.17, 15) is 29.1 Å². The Bertz CT molecular complexity index is 3080. The Morgan fingerprint density at radius 2 is 1.75 bits per heavy atom. The zero-order valence-electron chi connectivity index (χ0n) is 46.5. The molecule has 430 valence electrons. The van der Waals surface area contributed by atoms with Gasteiger partial charge >= 0.3 is 6.01 Å². The third-order valence-corrected chi connectivity index (χ3v) is 16.6. The second kappa shape index (κ2) is 29.6. The molecule has 4 atom stereocenters. The van der Waals surface area contributed by atoms with E-state index in [1.54, 1.807) is 17.4 Å². The summed E-state index contributed by atoms with van der Waals surface area (Å²) >= 11 is 9.22. The van der Waals surface area contributed by atoms with Gasteiger partial charge in [-0.05, 0) is 107 Å². The van der Waals surface area contributed by atoms with Crippen LogP contribution < -0.4 is 31.3 Å². The maximum absolute atomic E-state index is 16.3. The van der Waals surface area contributed by atoms with E-state index in [4.69, 9.17) is 26.8 Å². The van der Waals surface area contributed by atoms with Gasteiger partial charge in [-0.1, -0.05) is 62.7 Å². The molecule has 10 rings (SSSR count). The van der Waals surface area contributed by atoms with E-state index in [0.717, 1.165) is 97.2 Å². The third kappa shape index (κ3) is 15.7. The summed E-state index contributed by atoms with van der Waals surface area (Å²) in [4.78, 5) is 54.8. The number of benzene rings is 3. The molecule has 3 amide bonds. The van der Waals surface area contributed by atoms with E-state index in [1.807, 2.05) is 47.7 Å². The first kappa shape index (κ1) is 61.5. The fourth-order valence-electron chi connectivity index (χ4n) is 10.3. The van der Waals surface area contributed by atoms with E-state index in [1.165, 1.54) is 45.2 Å². The van der Waals surface area contributed by atoms with Crippen LogP contribution in [0.25, 0.3) is 42.6 Å². The summed E-state index contributed by atoms with van der Waals surface area (Å²) < 4.78 is 41.8. The van der Waals surface area contributed by atoms with Crippen molar-refractivity contribution in [3.8, 4) is 33.6 Å². The number of piperazine rings is 1. The summed E-state index contributed by atoms with van der Waals surface area (Å²) in [5, 5.41) is 28.6. The van der Waals surface area contributed by atoms with Gasteiger partial charge in [0.2, 0.25) is 18.2 Å². The van der Waals surface area contributed by atoms with Crippen LogP contribution in [0.1, 0.15) is 102 Å². The number of methoxy groups -OCH3 is 1. The number of halogens is 3. The average molecular weight is 1160 g/mol. The number of nitrogen functional groups attached to an aromatic ring is 1. The number of nitrogens with one attached hydrogen (secondary N) is 3. The monoisotopic (exact) mass is 1160 g/mol. The highest BCUT2D eigenvalue weighted by molar-refractivity contribution is 7.23. The zero-order valence-corrected chi connectivity index (χ0v) is 48.8. The summed E-state index contributed by atoms with van der Waals surface area (Å²) in [5.41, 5.74) is 11.2. The first-order chi connectivity index (χ1) is 38.5.